The maximum Gasteiger partial charge on any atom is 0.257 e. The summed E-state index contributed by atoms with van der Waals surface area (Å²) in [5.74, 6) is 1.25. The molecule has 1 N–H and O–H groups in total. The van der Waals surface area contributed by atoms with Gasteiger partial charge in [-0.25, -0.2) is 0 Å². The van der Waals surface area contributed by atoms with E-state index in [0.717, 1.165) is 31.7 Å². The standard InChI is InChI=1S/C15H19ClN4O/c1-15(2,20-9-7-17-8-10-20)14-18-13(21-19-14)11-3-5-12(16)6-4-11/h3-6,17H,7-10H2,1-2H3. The number of benzene rings is 1. The molecule has 1 aromatic carbocycles. The van der Waals surface area contributed by atoms with E-state index >= 15 is 0 Å². The molecule has 0 amide bonds. The van der Waals surface area contributed by atoms with Crippen LogP contribution in [0.4, 0.5) is 0 Å². The largest absolute Gasteiger partial charge is 0.334 e. The van der Waals surface area contributed by atoms with Crippen molar-refractivity contribution >= 4 is 11.6 Å². The summed E-state index contributed by atoms with van der Waals surface area (Å²) in [6.45, 7) is 8.22. The van der Waals surface area contributed by atoms with E-state index in [9.17, 15) is 0 Å². The molecular formula is C15H19ClN4O. The van der Waals surface area contributed by atoms with Crippen molar-refractivity contribution in [3.8, 4) is 11.5 Å². The number of rotatable bonds is 3. The van der Waals surface area contributed by atoms with Crippen molar-refractivity contribution in [1.82, 2.24) is 20.4 Å². The van der Waals surface area contributed by atoms with Gasteiger partial charge in [-0.15, -0.1) is 0 Å². The fourth-order valence-electron chi connectivity index (χ4n) is 2.55. The summed E-state index contributed by atoms with van der Waals surface area (Å²) in [5, 5.41) is 8.23. The lowest BCUT2D eigenvalue weighted by Gasteiger charge is -2.38. The fraction of sp³-hybridized carbons (Fsp3) is 0.467. The molecule has 1 saturated heterocycles. The first-order chi connectivity index (χ1) is 10.1. The lowest BCUT2D eigenvalue weighted by molar-refractivity contribution is 0.0925. The van der Waals surface area contributed by atoms with E-state index in [0.29, 0.717) is 16.7 Å². The van der Waals surface area contributed by atoms with Crippen LogP contribution in [0.1, 0.15) is 19.7 Å². The van der Waals surface area contributed by atoms with E-state index in [1.165, 1.54) is 0 Å². The molecule has 6 heteroatoms. The van der Waals surface area contributed by atoms with Gasteiger partial charge in [0.1, 0.15) is 0 Å². The summed E-state index contributed by atoms with van der Waals surface area (Å²) in [6.07, 6.45) is 0. The molecule has 0 atom stereocenters. The maximum atomic E-state index is 5.90. The zero-order valence-electron chi connectivity index (χ0n) is 12.3. The van der Waals surface area contributed by atoms with Crippen LogP contribution in [0.25, 0.3) is 11.5 Å². The van der Waals surface area contributed by atoms with Gasteiger partial charge in [-0.1, -0.05) is 16.8 Å². The second-order valence-electron chi connectivity index (χ2n) is 5.73. The van der Waals surface area contributed by atoms with Crippen LogP contribution in [-0.4, -0.2) is 41.2 Å². The molecule has 0 saturated carbocycles. The quantitative estimate of drug-likeness (QED) is 0.944. The lowest BCUT2D eigenvalue weighted by Crippen LogP contribution is -2.52. The number of aromatic nitrogens is 2. The Hall–Kier alpha value is -1.43. The summed E-state index contributed by atoms with van der Waals surface area (Å²) >= 11 is 5.90. The zero-order chi connectivity index (χ0) is 14.9. The highest BCUT2D eigenvalue weighted by atomic mass is 35.5. The van der Waals surface area contributed by atoms with Crippen molar-refractivity contribution in [2.45, 2.75) is 19.4 Å². The van der Waals surface area contributed by atoms with Gasteiger partial charge < -0.3 is 9.84 Å². The van der Waals surface area contributed by atoms with E-state index in [4.69, 9.17) is 16.1 Å². The van der Waals surface area contributed by atoms with Crippen LogP contribution < -0.4 is 5.32 Å². The predicted molar refractivity (Wildman–Crippen MR) is 82.2 cm³/mol. The molecule has 0 unspecified atom stereocenters. The van der Waals surface area contributed by atoms with Crippen molar-refractivity contribution in [2.75, 3.05) is 26.2 Å². The third-order valence-electron chi connectivity index (χ3n) is 3.97. The Bertz CT molecular complexity index is 602. The van der Waals surface area contributed by atoms with E-state index in [2.05, 4.69) is 34.2 Å². The minimum Gasteiger partial charge on any atom is -0.334 e. The van der Waals surface area contributed by atoms with Gasteiger partial charge in [0.2, 0.25) is 0 Å². The van der Waals surface area contributed by atoms with Crippen molar-refractivity contribution < 1.29 is 4.52 Å². The van der Waals surface area contributed by atoms with E-state index in [-0.39, 0.29) is 5.54 Å². The average molecular weight is 307 g/mol. The lowest BCUT2D eigenvalue weighted by atomic mass is 10.0. The Morgan fingerprint density at radius 2 is 1.86 bits per heavy atom. The van der Waals surface area contributed by atoms with Crippen molar-refractivity contribution in [3.63, 3.8) is 0 Å². The Morgan fingerprint density at radius 1 is 1.19 bits per heavy atom. The first-order valence-corrected chi connectivity index (χ1v) is 7.51. The van der Waals surface area contributed by atoms with Gasteiger partial charge in [0, 0.05) is 36.8 Å². The Morgan fingerprint density at radius 3 is 2.52 bits per heavy atom. The van der Waals surface area contributed by atoms with Gasteiger partial charge in [0.15, 0.2) is 5.82 Å². The Kier molecular flexibility index (Phi) is 3.97. The number of nitrogens with zero attached hydrogens (tertiary/aromatic N) is 3. The third-order valence-corrected chi connectivity index (χ3v) is 4.22. The van der Waals surface area contributed by atoms with Gasteiger partial charge in [-0.2, -0.15) is 4.98 Å². The van der Waals surface area contributed by atoms with Crippen LogP contribution in [-0.2, 0) is 5.54 Å². The molecule has 1 aliphatic rings. The minimum absolute atomic E-state index is 0.240. The SMILES string of the molecule is CC(C)(c1noc(-c2ccc(Cl)cc2)n1)N1CCNCC1. The second-order valence-corrected chi connectivity index (χ2v) is 6.16. The van der Waals surface area contributed by atoms with Crippen LogP contribution in [0.15, 0.2) is 28.8 Å². The third kappa shape index (κ3) is 2.95. The second kappa shape index (κ2) is 5.75. The number of piperazine rings is 1. The van der Waals surface area contributed by atoms with E-state index in [1.807, 2.05) is 24.3 Å². The molecule has 0 bridgehead atoms. The molecule has 0 radical (unpaired) electrons. The van der Waals surface area contributed by atoms with Crippen LogP contribution in [0.2, 0.25) is 5.02 Å². The highest BCUT2D eigenvalue weighted by Gasteiger charge is 2.34. The molecule has 0 spiro atoms. The normalized spacial score (nSPS) is 17.1. The average Bonchev–Trinajstić information content (AvgIpc) is 2.99. The summed E-state index contributed by atoms with van der Waals surface area (Å²) in [4.78, 5) is 6.95. The molecule has 2 heterocycles. The van der Waals surface area contributed by atoms with Crippen molar-refractivity contribution in [2.24, 2.45) is 0 Å². The zero-order valence-corrected chi connectivity index (χ0v) is 13.0. The smallest absolute Gasteiger partial charge is 0.257 e. The summed E-state index contributed by atoms with van der Waals surface area (Å²) < 4.78 is 5.42. The number of halogens is 1. The van der Waals surface area contributed by atoms with Crippen molar-refractivity contribution in [1.29, 1.82) is 0 Å². The molecule has 2 aromatic rings. The summed E-state index contributed by atoms with van der Waals surface area (Å²) in [5.41, 5.74) is 0.644. The monoisotopic (exact) mass is 306 g/mol. The number of hydrogen-bond donors (Lipinski definition) is 1. The highest BCUT2D eigenvalue weighted by molar-refractivity contribution is 6.30. The number of nitrogens with one attached hydrogen (secondary N) is 1. The molecule has 1 aliphatic heterocycles. The Balaban J connectivity index is 1.84. The molecule has 5 nitrogen and oxygen atoms in total. The fourth-order valence-corrected chi connectivity index (χ4v) is 2.67. The van der Waals surface area contributed by atoms with Crippen LogP contribution in [0.3, 0.4) is 0 Å². The molecule has 3 rings (SSSR count). The first kappa shape index (κ1) is 14.5. The van der Waals surface area contributed by atoms with Gasteiger partial charge in [0.25, 0.3) is 5.89 Å². The highest BCUT2D eigenvalue weighted by Crippen LogP contribution is 2.28. The van der Waals surface area contributed by atoms with Gasteiger partial charge in [-0.3, -0.25) is 4.90 Å². The summed E-state index contributed by atoms with van der Waals surface area (Å²) in [6, 6.07) is 7.42. The van der Waals surface area contributed by atoms with Gasteiger partial charge >= 0.3 is 0 Å². The molecular weight excluding hydrogens is 288 g/mol. The van der Waals surface area contributed by atoms with Crippen LogP contribution >= 0.6 is 11.6 Å². The first-order valence-electron chi connectivity index (χ1n) is 7.13. The van der Waals surface area contributed by atoms with Crippen molar-refractivity contribution in [3.05, 3.63) is 35.1 Å². The summed E-state index contributed by atoms with van der Waals surface area (Å²) in [7, 11) is 0. The molecule has 1 fully saturated rings. The Labute approximate surface area is 129 Å². The van der Waals surface area contributed by atoms with Crippen LogP contribution in [0.5, 0.6) is 0 Å². The molecule has 21 heavy (non-hydrogen) atoms. The van der Waals surface area contributed by atoms with E-state index in [1.54, 1.807) is 0 Å². The minimum atomic E-state index is -0.240. The number of hydrogen-bond acceptors (Lipinski definition) is 5. The van der Waals surface area contributed by atoms with E-state index < -0.39 is 0 Å². The molecule has 0 aliphatic carbocycles. The topological polar surface area (TPSA) is 54.2 Å². The molecule has 112 valence electrons. The van der Waals surface area contributed by atoms with Crippen LogP contribution in [0, 0.1) is 0 Å². The molecule has 1 aromatic heterocycles. The van der Waals surface area contributed by atoms with Gasteiger partial charge in [0.05, 0.1) is 5.54 Å². The van der Waals surface area contributed by atoms with Gasteiger partial charge in [-0.05, 0) is 38.1 Å². The predicted octanol–water partition coefficient (Wildman–Crippen LogP) is 2.53. The maximum absolute atomic E-state index is 5.90.